The molecule has 0 saturated heterocycles. The second-order valence-corrected chi connectivity index (χ2v) is 3.11. The zero-order valence-corrected chi connectivity index (χ0v) is 8.09. The van der Waals surface area contributed by atoms with Gasteiger partial charge in [-0.25, -0.2) is 4.39 Å². The van der Waals surface area contributed by atoms with Crippen LogP contribution < -0.4 is 5.32 Å². The summed E-state index contributed by atoms with van der Waals surface area (Å²) in [6.45, 7) is 1.67. The third kappa shape index (κ3) is 4.06. The van der Waals surface area contributed by atoms with E-state index >= 15 is 0 Å². The van der Waals surface area contributed by atoms with Crippen molar-refractivity contribution in [2.45, 2.75) is 19.4 Å². The number of terminal acetylenes is 1. The first-order valence-corrected chi connectivity index (χ1v) is 4.71. The Morgan fingerprint density at radius 2 is 2.00 bits per heavy atom. The number of unbranched alkanes of at least 4 members (excludes halogenated alkanes) is 1. The Kier molecular flexibility index (Phi) is 4.74. The largest absolute Gasteiger partial charge is 0.313 e. The Bertz CT molecular complexity index is 297. The standard InChI is InChI=1S/C12H14FN/c1-2-3-4-9-14-10-11-5-7-12(13)8-6-11/h1,5-8,14H,3-4,9-10H2. The summed E-state index contributed by atoms with van der Waals surface area (Å²) in [7, 11) is 0. The highest BCUT2D eigenvalue weighted by atomic mass is 19.1. The van der Waals surface area contributed by atoms with Crippen molar-refractivity contribution in [2.75, 3.05) is 6.54 Å². The van der Waals surface area contributed by atoms with Crippen molar-refractivity contribution in [3.05, 3.63) is 35.6 Å². The maximum Gasteiger partial charge on any atom is 0.123 e. The molecule has 1 aromatic carbocycles. The van der Waals surface area contributed by atoms with Crippen LogP contribution in [0, 0.1) is 18.2 Å². The predicted molar refractivity (Wildman–Crippen MR) is 56.2 cm³/mol. The zero-order chi connectivity index (χ0) is 10.2. The van der Waals surface area contributed by atoms with Gasteiger partial charge in [-0.2, -0.15) is 0 Å². The first-order valence-electron chi connectivity index (χ1n) is 4.71. The van der Waals surface area contributed by atoms with Gasteiger partial charge in [0.15, 0.2) is 0 Å². The molecule has 74 valence electrons. The van der Waals surface area contributed by atoms with Crippen molar-refractivity contribution in [1.82, 2.24) is 5.32 Å². The van der Waals surface area contributed by atoms with E-state index in [-0.39, 0.29) is 5.82 Å². The van der Waals surface area contributed by atoms with Crippen molar-refractivity contribution in [1.29, 1.82) is 0 Å². The van der Waals surface area contributed by atoms with Crippen LogP contribution in [0.5, 0.6) is 0 Å². The number of hydrogen-bond donors (Lipinski definition) is 1. The Morgan fingerprint density at radius 3 is 2.64 bits per heavy atom. The number of halogens is 1. The van der Waals surface area contributed by atoms with Crippen LogP contribution in [0.4, 0.5) is 4.39 Å². The summed E-state index contributed by atoms with van der Waals surface area (Å²) in [5.41, 5.74) is 1.09. The van der Waals surface area contributed by atoms with Gasteiger partial charge in [0.25, 0.3) is 0 Å². The Balaban J connectivity index is 2.19. The molecule has 0 heterocycles. The second-order valence-electron chi connectivity index (χ2n) is 3.11. The lowest BCUT2D eigenvalue weighted by molar-refractivity contribution is 0.623. The molecule has 2 heteroatoms. The summed E-state index contributed by atoms with van der Waals surface area (Å²) in [6, 6.07) is 6.50. The van der Waals surface area contributed by atoms with Crippen molar-refractivity contribution >= 4 is 0 Å². The molecule has 0 saturated carbocycles. The monoisotopic (exact) mass is 191 g/mol. The van der Waals surface area contributed by atoms with E-state index in [0.717, 1.165) is 31.5 Å². The van der Waals surface area contributed by atoms with E-state index < -0.39 is 0 Å². The molecule has 1 N–H and O–H groups in total. The van der Waals surface area contributed by atoms with Gasteiger partial charge in [0.1, 0.15) is 5.82 Å². The topological polar surface area (TPSA) is 12.0 Å². The minimum Gasteiger partial charge on any atom is -0.313 e. The van der Waals surface area contributed by atoms with Crippen LogP contribution >= 0.6 is 0 Å². The van der Waals surface area contributed by atoms with Crippen LogP contribution in [-0.4, -0.2) is 6.54 Å². The molecule has 14 heavy (non-hydrogen) atoms. The number of rotatable bonds is 5. The van der Waals surface area contributed by atoms with E-state index in [4.69, 9.17) is 6.42 Å². The predicted octanol–water partition coefficient (Wildman–Crippen LogP) is 2.33. The number of hydrogen-bond acceptors (Lipinski definition) is 1. The minimum absolute atomic E-state index is 0.193. The average molecular weight is 191 g/mol. The lowest BCUT2D eigenvalue weighted by Crippen LogP contribution is -2.14. The van der Waals surface area contributed by atoms with Crippen LogP contribution in [-0.2, 0) is 6.54 Å². The van der Waals surface area contributed by atoms with E-state index in [9.17, 15) is 4.39 Å². The normalized spacial score (nSPS) is 9.71. The van der Waals surface area contributed by atoms with E-state index in [1.165, 1.54) is 12.1 Å². The Labute approximate surface area is 84.3 Å². The molecular weight excluding hydrogens is 177 g/mol. The Hall–Kier alpha value is -1.33. The highest BCUT2D eigenvalue weighted by Crippen LogP contribution is 2.01. The summed E-state index contributed by atoms with van der Waals surface area (Å²) in [6.07, 6.45) is 6.90. The first kappa shape index (κ1) is 10.7. The summed E-state index contributed by atoms with van der Waals surface area (Å²) in [4.78, 5) is 0. The molecule has 0 aliphatic heterocycles. The molecule has 0 radical (unpaired) electrons. The summed E-state index contributed by atoms with van der Waals surface area (Å²) >= 11 is 0. The fourth-order valence-corrected chi connectivity index (χ4v) is 1.15. The first-order chi connectivity index (χ1) is 6.83. The van der Waals surface area contributed by atoms with Crippen LogP contribution in [0.3, 0.4) is 0 Å². The SMILES string of the molecule is C#CCCCNCc1ccc(F)cc1. The van der Waals surface area contributed by atoms with Gasteiger partial charge in [0, 0.05) is 13.0 Å². The molecular formula is C12H14FN. The van der Waals surface area contributed by atoms with Gasteiger partial charge in [-0.1, -0.05) is 12.1 Å². The molecule has 0 atom stereocenters. The van der Waals surface area contributed by atoms with Crippen LogP contribution in [0.1, 0.15) is 18.4 Å². The van der Waals surface area contributed by atoms with Crippen molar-refractivity contribution in [2.24, 2.45) is 0 Å². The molecule has 0 aliphatic rings. The lowest BCUT2D eigenvalue weighted by Gasteiger charge is -2.03. The lowest BCUT2D eigenvalue weighted by atomic mass is 10.2. The highest BCUT2D eigenvalue weighted by molar-refractivity contribution is 5.15. The van der Waals surface area contributed by atoms with Gasteiger partial charge in [0.2, 0.25) is 0 Å². The summed E-state index contributed by atoms with van der Waals surface area (Å²) in [5, 5.41) is 3.24. The fraction of sp³-hybridized carbons (Fsp3) is 0.333. The molecule has 0 aromatic heterocycles. The zero-order valence-electron chi connectivity index (χ0n) is 8.09. The maximum atomic E-state index is 12.5. The maximum absolute atomic E-state index is 12.5. The van der Waals surface area contributed by atoms with Gasteiger partial charge in [0.05, 0.1) is 0 Å². The van der Waals surface area contributed by atoms with E-state index in [0.29, 0.717) is 0 Å². The average Bonchev–Trinajstić information content (AvgIpc) is 2.21. The molecule has 0 aliphatic carbocycles. The van der Waals surface area contributed by atoms with Gasteiger partial charge >= 0.3 is 0 Å². The van der Waals surface area contributed by atoms with Crippen LogP contribution in [0.15, 0.2) is 24.3 Å². The molecule has 0 unspecified atom stereocenters. The molecule has 1 aromatic rings. The number of benzene rings is 1. The molecule has 0 fully saturated rings. The van der Waals surface area contributed by atoms with Crippen LogP contribution in [0.25, 0.3) is 0 Å². The van der Waals surface area contributed by atoms with E-state index in [2.05, 4.69) is 11.2 Å². The Morgan fingerprint density at radius 1 is 1.29 bits per heavy atom. The molecule has 0 bridgehead atoms. The highest BCUT2D eigenvalue weighted by Gasteiger charge is 1.92. The summed E-state index contributed by atoms with van der Waals surface area (Å²) < 4.78 is 12.5. The molecule has 0 spiro atoms. The molecule has 1 nitrogen and oxygen atoms in total. The van der Waals surface area contributed by atoms with Gasteiger partial charge in [-0.15, -0.1) is 12.3 Å². The molecule has 0 amide bonds. The number of nitrogens with one attached hydrogen (secondary N) is 1. The van der Waals surface area contributed by atoms with Crippen LogP contribution in [0.2, 0.25) is 0 Å². The third-order valence-corrected chi connectivity index (χ3v) is 1.92. The fourth-order valence-electron chi connectivity index (χ4n) is 1.15. The van der Waals surface area contributed by atoms with Crippen molar-refractivity contribution in [3.63, 3.8) is 0 Å². The van der Waals surface area contributed by atoms with Crippen molar-refractivity contribution in [3.8, 4) is 12.3 Å². The second kappa shape index (κ2) is 6.17. The van der Waals surface area contributed by atoms with E-state index in [1.807, 2.05) is 0 Å². The molecule has 1 rings (SSSR count). The van der Waals surface area contributed by atoms with Crippen molar-refractivity contribution < 1.29 is 4.39 Å². The van der Waals surface area contributed by atoms with E-state index in [1.54, 1.807) is 12.1 Å². The van der Waals surface area contributed by atoms with Gasteiger partial charge < -0.3 is 5.32 Å². The summed E-state index contributed by atoms with van der Waals surface area (Å²) in [5.74, 6) is 2.39. The minimum atomic E-state index is -0.193. The smallest absolute Gasteiger partial charge is 0.123 e. The van der Waals surface area contributed by atoms with Gasteiger partial charge in [-0.05, 0) is 30.7 Å². The van der Waals surface area contributed by atoms with Gasteiger partial charge in [-0.3, -0.25) is 0 Å². The quantitative estimate of drug-likeness (QED) is 0.556. The third-order valence-electron chi connectivity index (χ3n) is 1.92.